The second-order valence-electron chi connectivity index (χ2n) is 5.42. The monoisotopic (exact) mass is 225 g/mol. The zero-order valence-electron chi connectivity index (χ0n) is 10.9. The molecular formula is C13H27N3. The van der Waals surface area contributed by atoms with Gasteiger partial charge in [0, 0.05) is 18.6 Å². The maximum absolute atomic E-state index is 6.17. The number of fused-ring (bicyclic) bond motifs is 2. The highest BCUT2D eigenvalue weighted by molar-refractivity contribution is 5.04. The van der Waals surface area contributed by atoms with Gasteiger partial charge in [-0.15, -0.1) is 0 Å². The SMILES string of the molecule is CCCN(CC)C1(CN)CCN2CCC1C2. The summed E-state index contributed by atoms with van der Waals surface area (Å²) >= 11 is 0. The minimum absolute atomic E-state index is 0.317. The molecule has 2 saturated heterocycles. The number of hydrogen-bond donors (Lipinski definition) is 1. The van der Waals surface area contributed by atoms with Crippen molar-refractivity contribution in [3.63, 3.8) is 0 Å². The van der Waals surface area contributed by atoms with E-state index in [-0.39, 0.29) is 0 Å². The zero-order chi connectivity index (χ0) is 11.6. The Kier molecular flexibility index (Phi) is 3.88. The first-order chi connectivity index (χ1) is 7.76. The van der Waals surface area contributed by atoms with Crippen LogP contribution in [-0.4, -0.2) is 54.6 Å². The van der Waals surface area contributed by atoms with E-state index >= 15 is 0 Å². The minimum atomic E-state index is 0.317. The molecule has 0 amide bonds. The molecule has 16 heavy (non-hydrogen) atoms. The van der Waals surface area contributed by atoms with Gasteiger partial charge >= 0.3 is 0 Å². The molecule has 0 radical (unpaired) electrons. The lowest BCUT2D eigenvalue weighted by molar-refractivity contribution is 0.0112. The smallest absolute Gasteiger partial charge is 0.0384 e. The van der Waals surface area contributed by atoms with Gasteiger partial charge in [0.1, 0.15) is 0 Å². The quantitative estimate of drug-likeness (QED) is 0.761. The topological polar surface area (TPSA) is 32.5 Å². The molecule has 0 aromatic carbocycles. The third kappa shape index (κ3) is 1.89. The Hall–Kier alpha value is -0.120. The summed E-state index contributed by atoms with van der Waals surface area (Å²) in [7, 11) is 0. The van der Waals surface area contributed by atoms with Crippen molar-refractivity contribution >= 4 is 0 Å². The van der Waals surface area contributed by atoms with Crippen molar-refractivity contribution in [3.05, 3.63) is 0 Å². The molecule has 0 aromatic heterocycles. The lowest BCUT2D eigenvalue weighted by Crippen LogP contribution is -2.62. The Morgan fingerprint density at radius 1 is 1.38 bits per heavy atom. The Balaban J connectivity index is 2.16. The van der Waals surface area contributed by atoms with E-state index in [1.165, 1.54) is 45.4 Å². The predicted molar refractivity (Wildman–Crippen MR) is 68.5 cm³/mol. The number of piperidine rings is 1. The van der Waals surface area contributed by atoms with Crippen molar-refractivity contribution in [3.8, 4) is 0 Å². The first kappa shape index (κ1) is 12.3. The molecule has 2 N–H and O–H groups in total. The molecule has 2 heterocycles. The highest BCUT2D eigenvalue weighted by atomic mass is 15.3. The fourth-order valence-corrected chi connectivity index (χ4v) is 3.81. The Morgan fingerprint density at radius 2 is 2.19 bits per heavy atom. The maximum atomic E-state index is 6.17. The molecular weight excluding hydrogens is 198 g/mol. The molecule has 0 aliphatic carbocycles. The lowest BCUT2D eigenvalue weighted by atomic mass is 9.77. The van der Waals surface area contributed by atoms with Crippen LogP contribution in [-0.2, 0) is 0 Å². The van der Waals surface area contributed by atoms with E-state index in [4.69, 9.17) is 5.73 Å². The van der Waals surface area contributed by atoms with Crippen LogP contribution in [0.2, 0.25) is 0 Å². The first-order valence-corrected chi connectivity index (χ1v) is 6.94. The van der Waals surface area contributed by atoms with Gasteiger partial charge in [-0.2, -0.15) is 0 Å². The van der Waals surface area contributed by atoms with Crippen LogP contribution in [0, 0.1) is 5.92 Å². The van der Waals surface area contributed by atoms with Crippen LogP contribution < -0.4 is 5.73 Å². The van der Waals surface area contributed by atoms with E-state index in [0.717, 1.165) is 19.0 Å². The van der Waals surface area contributed by atoms with Crippen molar-refractivity contribution < 1.29 is 0 Å². The summed E-state index contributed by atoms with van der Waals surface area (Å²) < 4.78 is 0. The summed E-state index contributed by atoms with van der Waals surface area (Å²) in [6.07, 6.45) is 3.88. The Bertz CT molecular complexity index is 231. The van der Waals surface area contributed by atoms with Gasteiger partial charge in [-0.25, -0.2) is 0 Å². The van der Waals surface area contributed by atoms with Crippen molar-refractivity contribution in [2.24, 2.45) is 11.7 Å². The third-order valence-corrected chi connectivity index (χ3v) is 4.75. The molecule has 94 valence electrons. The van der Waals surface area contributed by atoms with Crippen molar-refractivity contribution in [1.29, 1.82) is 0 Å². The number of nitrogens with two attached hydrogens (primary N) is 1. The van der Waals surface area contributed by atoms with Gasteiger partial charge in [0.15, 0.2) is 0 Å². The summed E-state index contributed by atoms with van der Waals surface area (Å²) in [5.74, 6) is 0.817. The van der Waals surface area contributed by atoms with Crippen LogP contribution in [0.3, 0.4) is 0 Å². The highest BCUT2D eigenvalue weighted by Gasteiger charge is 2.47. The molecule has 0 saturated carbocycles. The first-order valence-electron chi connectivity index (χ1n) is 6.94. The number of likely N-dealkylation sites (N-methyl/N-ethyl adjacent to an activating group) is 1. The van der Waals surface area contributed by atoms with Crippen LogP contribution in [0.15, 0.2) is 0 Å². The molecule has 0 aromatic rings. The second kappa shape index (κ2) is 5.03. The van der Waals surface area contributed by atoms with Gasteiger partial charge in [-0.1, -0.05) is 13.8 Å². The van der Waals surface area contributed by atoms with E-state index in [9.17, 15) is 0 Å². The standard InChI is InChI=1S/C13H27N3/c1-3-7-16(4-2)13(11-14)6-9-15-8-5-12(13)10-15/h12H,3-11,14H2,1-2H3. The van der Waals surface area contributed by atoms with E-state index in [0.29, 0.717) is 5.54 Å². The van der Waals surface area contributed by atoms with Crippen LogP contribution >= 0.6 is 0 Å². The Morgan fingerprint density at radius 3 is 2.81 bits per heavy atom. The van der Waals surface area contributed by atoms with E-state index in [1.54, 1.807) is 0 Å². The predicted octanol–water partition coefficient (Wildman–Crippen LogP) is 1.14. The van der Waals surface area contributed by atoms with Gasteiger partial charge in [0.2, 0.25) is 0 Å². The van der Waals surface area contributed by atoms with Crippen LogP contribution in [0.4, 0.5) is 0 Å². The minimum Gasteiger partial charge on any atom is -0.329 e. The molecule has 2 fully saturated rings. The van der Waals surface area contributed by atoms with Gasteiger partial charge in [-0.05, 0) is 51.4 Å². The van der Waals surface area contributed by atoms with E-state index < -0.39 is 0 Å². The van der Waals surface area contributed by atoms with Crippen molar-refractivity contribution in [2.75, 3.05) is 39.3 Å². The molecule has 2 bridgehead atoms. The van der Waals surface area contributed by atoms with Gasteiger partial charge in [-0.3, -0.25) is 4.90 Å². The van der Waals surface area contributed by atoms with Crippen LogP contribution in [0.25, 0.3) is 0 Å². The number of rotatable bonds is 5. The number of hydrogen-bond acceptors (Lipinski definition) is 3. The third-order valence-electron chi connectivity index (χ3n) is 4.75. The fourth-order valence-electron chi connectivity index (χ4n) is 3.81. The van der Waals surface area contributed by atoms with E-state index in [2.05, 4.69) is 23.6 Å². The average molecular weight is 225 g/mol. The average Bonchev–Trinajstić information content (AvgIpc) is 2.72. The molecule has 2 aliphatic rings. The van der Waals surface area contributed by atoms with Crippen LogP contribution in [0.1, 0.15) is 33.1 Å². The van der Waals surface area contributed by atoms with Gasteiger partial charge in [0.05, 0.1) is 0 Å². The van der Waals surface area contributed by atoms with E-state index in [1.807, 2.05) is 0 Å². The highest BCUT2D eigenvalue weighted by Crippen LogP contribution is 2.39. The van der Waals surface area contributed by atoms with Gasteiger partial charge < -0.3 is 10.6 Å². The summed E-state index contributed by atoms with van der Waals surface area (Å²) in [5, 5.41) is 0. The Labute approximate surface area is 100.0 Å². The maximum Gasteiger partial charge on any atom is 0.0384 e. The summed E-state index contributed by atoms with van der Waals surface area (Å²) in [6, 6.07) is 0. The molecule has 2 rings (SSSR count). The lowest BCUT2D eigenvalue weighted by Gasteiger charge is -2.50. The summed E-state index contributed by atoms with van der Waals surface area (Å²) in [4.78, 5) is 5.28. The molecule has 0 spiro atoms. The van der Waals surface area contributed by atoms with Gasteiger partial charge in [0.25, 0.3) is 0 Å². The van der Waals surface area contributed by atoms with Crippen LogP contribution in [0.5, 0.6) is 0 Å². The molecule has 3 atom stereocenters. The molecule has 3 nitrogen and oxygen atoms in total. The summed E-state index contributed by atoms with van der Waals surface area (Å²) in [6.45, 7) is 11.6. The molecule has 2 aliphatic heterocycles. The zero-order valence-corrected chi connectivity index (χ0v) is 10.9. The molecule has 3 heteroatoms. The number of nitrogens with zero attached hydrogens (tertiary/aromatic N) is 2. The van der Waals surface area contributed by atoms with Crippen molar-refractivity contribution in [1.82, 2.24) is 9.80 Å². The molecule has 3 unspecified atom stereocenters. The fraction of sp³-hybridized carbons (Fsp3) is 1.00. The normalized spacial score (nSPS) is 38.2. The largest absolute Gasteiger partial charge is 0.329 e. The van der Waals surface area contributed by atoms with Crippen molar-refractivity contribution in [2.45, 2.75) is 38.6 Å². The second-order valence-corrected chi connectivity index (χ2v) is 5.42. The summed E-state index contributed by atoms with van der Waals surface area (Å²) in [5.41, 5.74) is 6.49.